The highest BCUT2D eigenvalue weighted by molar-refractivity contribution is 6.22. The van der Waals surface area contributed by atoms with Gasteiger partial charge in [0.05, 0.1) is 47.0 Å². The summed E-state index contributed by atoms with van der Waals surface area (Å²) in [5.74, 6) is -7.48. The van der Waals surface area contributed by atoms with Crippen molar-refractivity contribution in [1.82, 2.24) is 31.9 Å². The highest BCUT2D eigenvalue weighted by Crippen LogP contribution is 2.45. The number of benzodiazepines with no additional fused rings is 2. The van der Waals surface area contributed by atoms with Gasteiger partial charge in [0.2, 0.25) is 47.5 Å². The lowest BCUT2D eigenvalue weighted by Crippen LogP contribution is -2.62. The molecule has 0 spiro atoms. The normalized spacial score (nSPS) is 18.1. The number of aliphatic carboxylic acids is 2. The minimum Gasteiger partial charge on any atom is -0.480 e. The Labute approximate surface area is 870 Å². The van der Waals surface area contributed by atoms with E-state index in [1.165, 1.54) is 4.90 Å². The number of fused-ring (bicyclic) bond motifs is 8. The van der Waals surface area contributed by atoms with E-state index in [0.717, 1.165) is 179 Å². The van der Waals surface area contributed by atoms with Gasteiger partial charge in [0.1, 0.15) is 57.3 Å². The molecule has 10 amide bonds. The summed E-state index contributed by atoms with van der Waals surface area (Å²) in [7, 11) is 6.87. The molecule has 150 heavy (non-hydrogen) atoms. The number of hydrogen-bond donors (Lipinski definition) is 10. The molecule has 30 nitrogen and oxygen atoms in total. The Hall–Kier alpha value is -15.3. The van der Waals surface area contributed by atoms with Crippen LogP contribution in [0.15, 0.2) is 253 Å². The van der Waals surface area contributed by atoms with Gasteiger partial charge in [-0.2, -0.15) is 0 Å². The van der Waals surface area contributed by atoms with Crippen LogP contribution in [0.5, 0.6) is 0 Å². The molecule has 4 aliphatic carbocycles. The lowest BCUT2D eigenvalue weighted by molar-refractivity contribution is -0.155. The SMILES string of the molecule is CC(C)CCNC(=O)C1(C(=O)NC2C(=O)N(C)c3ccccc3-c3ccccc32)CCCC1.CC(C)CCNC(=O)C1(C(=O)O)CCCC1.CN1C(=O)C(N)c2ccccc2-c2ccccc21.CN1C(=O)[C@@H](N)N=C(c2ccccc2)c2ccccc21.CN1C(=O)[C@@H](NC(=O)C2(NC(=O)Cc3cc(F)cc(F)c3)CCCCC2)N=C(c2ccccc2)c2ccccc21.O.O.O=C(Cc1cc(F)cc(F)c1)NC1(C(=O)O)CCCCC1. The molecule has 4 fully saturated rings. The second-order valence-corrected chi connectivity index (χ2v) is 39.6. The first kappa shape index (κ1) is 115. The predicted octanol–water partition coefficient (Wildman–Crippen LogP) is 15.2. The number of likely N-dealkylation sites (N-methyl/N-ethyl adjacent to an activating group) is 4. The van der Waals surface area contributed by atoms with Crippen LogP contribution in [0.1, 0.15) is 213 Å². The van der Waals surface area contributed by atoms with Crippen molar-refractivity contribution in [2.45, 2.75) is 204 Å². The number of para-hydroxylation sites is 4. The van der Waals surface area contributed by atoms with Crippen molar-refractivity contribution < 1.29 is 96.3 Å². The van der Waals surface area contributed by atoms with E-state index in [4.69, 9.17) is 16.5 Å². The van der Waals surface area contributed by atoms with Crippen molar-refractivity contribution >= 4 is 105 Å². The lowest BCUT2D eigenvalue weighted by Gasteiger charge is -2.37. The molecule has 16 N–H and O–H groups in total. The molecule has 4 aliphatic heterocycles. The Balaban J connectivity index is 0.000000176. The Bertz CT molecular complexity index is 6490. The number of carboxylic acids is 2. The van der Waals surface area contributed by atoms with Crippen LogP contribution in [-0.2, 0) is 70.4 Å². The quantitative estimate of drug-likeness (QED) is 0.0223. The summed E-state index contributed by atoms with van der Waals surface area (Å²) in [5, 5.41) is 35.5. The van der Waals surface area contributed by atoms with Gasteiger partial charge in [-0.25, -0.2) is 27.3 Å². The Morgan fingerprint density at radius 3 is 1.14 bits per heavy atom. The minimum absolute atomic E-state index is 0. The van der Waals surface area contributed by atoms with Gasteiger partial charge in [-0.1, -0.05) is 274 Å². The molecule has 4 atom stereocenters. The van der Waals surface area contributed by atoms with Gasteiger partial charge < -0.3 is 84.1 Å². The molecule has 8 aliphatic rings. The number of carbonyl (C=O) groups excluding carboxylic acids is 10. The van der Waals surface area contributed by atoms with Gasteiger partial charge in [0, 0.05) is 86.8 Å². The fourth-order valence-electron chi connectivity index (χ4n) is 20.3. The average Bonchev–Trinajstić information content (AvgIpc) is 1.60. The van der Waals surface area contributed by atoms with E-state index in [1.807, 2.05) is 206 Å². The third-order valence-electron chi connectivity index (χ3n) is 28.4. The number of carboxylic acid groups (broad SMARTS) is 2. The predicted molar refractivity (Wildman–Crippen MR) is 569 cm³/mol. The summed E-state index contributed by atoms with van der Waals surface area (Å²) in [6.07, 6.45) is 10.6. The van der Waals surface area contributed by atoms with Crippen LogP contribution in [-0.4, -0.2) is 168 Å². The van der Waals surface area contributed by atoms with Crippen LogP contribution in [0.4, 0.5) is 40.3 Å². The third kappa shape index (κ3) is 27.3. The molecule has 792 valence electrons. The molecule has 10 aromatic rings. The number of nitrogens with zero attached hydrogens (tertiary/aromatic N) is 6. The van der Waals surface area contributed by atoms with E-state index < -0.39 is 105 Å². The van der Waals surface area contributed by atoms with Gasteiger partial charge in [-0.3, -0.25) is 57.7 Å². The van der Waals surface area contributed by atoms with Crippen LogP contribution in [0.2, 0.25) is 0 Å². The number of hydrogen-bond acceptors (Lipinski definition) is 16. The number of benzene rings is 10. The Morgan fingerprint density at radius 2 is 0.707 bits per heavy atom. The molecular weight excluding hydrogens is 1920 g/mol. The molecule has 18 rings (SSSR count). The van der Waals surface area contributed by atoms with Crippen molar-refractivity contribution in [3.63, 3.8) is 0 Å². The maximum absolute atomic E-state index is 13.9. The summed E-state index contributed by atoms with van der Waals surface area (Å²) < 4.78 is 53.5. The summed E-state index contributed by atoms with van der Waals surface area (Å²) in [5.41, 5.74) is 21.1. The van der Waals surface area contributed by atoms with E-state index in [9.17, 15) is 85.3 Å². The minimum atomic E-state index is -1.28. The number of halogens is 4. The molecule has 4 saturated carbocycles. The third-order valence-corrected chi connectivity index (χ3v) is 28.4. The molecule has 10 aromatic carbocycles. The van der Waals surface area contributed by atoms with Crippen molar-refractivity contribution in [1.29, 1.82) is 0 Å². The van der Waals surface area contributed by atoms with Crippen LogP contribution in [0.3, 0.4) is 0 Å². The highest BCUT2D eigenvalue weighted by atomic mass is 19.1. The second kappa shape index (κ2) is 52.1. The van der Waals surface area contributed by atoms with Crippen molar-refractivity contribution in [3.8, 4) is 22.3 Å². The number of rotatable bonds is 22. The first-order valence-electron chi connectivity index (χ1n) is 50.5. The number of anilines is 4. The zero-order valence-corrected chi connectivity index (χ0v) is 85.7. The molecule has 2 unspecified atom stereocenters. The summed E-state index contributed by atoms with van der Waals surface area (Å²) in [4.78, 5) is 167. The van der Waals surface area contributed by atoms with E-state index in [0.29, 0.717) is 101 Å². The highest BCUT2D eigenvalue weighted by Gasteiger charge is 2.52. The molecule has 4 heterocycles. The van der Waals surface area contributed by atoms with E-state index >= 15 is 0 Å². The van der Waals surface area contributed by atoms with Gasteiger partial charge in [0.25, 0.3) is 17.7 Å². The molecule has 0 radical (unpaired) electrons. The first-order valence-corrected chi connectivity index (χ1v) is 50.5. The standard InChI is InChI=1S/C31H30F2N4O3.C27H33N3O3.C16H15N3O.C15H17F2NO3.C15H14N2O.C12H21NO3.2H2O/c1-37-25-13-7-6-12-24(25)27(21-10-4-2-5-11-21)34-28(29(37)39)35-30(40)31(14-8-3-9-15-31)36-26(38)18-20-16-22(32)19-23(33)17-20;1-18(2)14-17-28-25(32)27(15-8-9-16-27)26(33)29-23-21-12-5-4-10-19(21)20-11-6-7-13-22(20)30(3)24(23)31;1-19-13-10-6-5-9-12(13)14(18-15(17)16(19)20)11-7-3-2-4-8-11;16-11-6-10(7-12(17)9-11)8-13(19)18-15(14(20)21)4-2-1-3-5-15;1-17-13-9-5-4-7-11(13)10-6-2-3-8-12(10)14(16)15(17)18;1-9(2)5-8-13-10(14)12(11(15)16)6-3-4-7-12;;/h2,4-7,10-13,16-17,19,28H,3,8-9,14-15,18H2,1H3,(H,35,40)(H,36,38);4-7,10-13,18,23H,8-9,14-17H2,1-3H3,(H,28,32)(H,29,33);2-10,15H,17H2,1H3;6-7,9H,1-5,8H2,(H,18,19)(H,20,21);2-9,14H,16H2,1H3;9H,3-8H2,1-2H3,(H,13,14)(H,15,16);2*1H2/t28-;;15-;;;;;/m1.0...../s1. The van der Waals surface area contributed by atoms with E-state index in [-0.39, 0.29) is 70.4 Å². The Kier molecular flexibility index (Phi) is 39.9. The second-order valence-electron chi connectivity index (χ2n) is 39.6. The van der Waals surface area contributed by atoms with Crippen LogP contribution >= 0.6 is 0 Å². The molecular formula is C116H134F4N14O16. The van der Waals surface area contributed by atoms with Gasteiger partial charge in [0.15, 0.2) is 6.17 Å². The fourth-order valence-corrected chi connectivity index (χ4v) is 20.3. The average molecular weight is 2060 g/mol. The maximum atomic E-state index is 13.9. The monoisotopic (exact) mass is 2060 g/mol. The van der Waals surface area contributed by atoms with E-state index in [1.54, 1.807) is 42.9 Å². The van der Waals surface area contributed by atoms with Gasteiger partial charge in [-0.15, -0.1) is 0 Å². The summed E-state index contributed by atoms with van der Waals surface area (Å²) in [6, 6.07) is 69.8. The number of carbonyl (C=O) groups is 12. The topological polar surface area (TPSA) is 470 Å². The van der Waals surface area contributed by atoms with Gasteiger partial charge >= 0.3 is 11.9 Å². The molecule has 34 heteroatoms. The number of nitrogens with two attached hydrogens (primary N) is 2. The fraction of sp³-hybridized carbons (Fsp3) is 0.362. The molecule has 0 saturated heterocycles. The van der Waals surface area contributed by atoms with Crippen molar-refractivity contribution in [3.05, 3.63) is 310 Å². The molecule has 0 bridgehead atoms. The number of amides is 10. The van der Waals surface area contributed by atoms with Crippen LogP contribution < -0.4 is 63.0 Å². The van der Waals surface area contributed by atoms with Crippen molar-refractivity contribution in [2.75, 3.05) is 60.9 Å². The number of nitrogens with one attached hydrogen (secondary N) is 6. The van der Waals surface area contributed by atoms with Crippen LogP contribution in [0, 0.1) is 45.9 Å². The summed E-state index contributed by atoms with van der Waals surface area (Å²) in [6.45, 7) is 9.49. The summed E-state index contributed by atoms with van der Waals surface area (Å²) >= 11 is 0. The van der Waals surface area contributed by atoms with Gasteiger partial charge in [-0.05, 0) is 158 Å². The zero-order chi connectivity index (χ0) is 106. The largest absolute Gasteiger partial charge is 0.480 e. The van der Waals surface area contributed by atoms with Crippen LogP contribution in [0.25, 0.3) is 22.3 Å². The zero-order valence-electron chi connectivity index (χ0n) is 85.7. The Morgan fingerprint density at radius 1 is 0.367 bits per heavy atom. The molecule has 0 aromatic heterocycles. The lowest BCUT2D eigenvalue weighted by atomic mass is 9.80. The number of aliphatic imine (C=N–C) groups is 2. The first-order chi connectivity index (χ1) is 70.9. The van der Waals surface area contributed by atoms with Crippen molar-refractivity contribution in [2.24, 2.45) is 44.1 Å². The maximum Gasteiger partial charge on any atom is 0.329 e. The van der Waals surface area contributed by atoms with E-state index in [2.05, 4.69) is 64.6 Å². The smallest absolute Gasteiger partial charge is 0.329 e.